The molecule has 0 saturated carbocycles. The van der Waals surface area contributed by atoms with Gasteiger partial charge in [-0.25, -0.2) is 4.98 Å². The van der Waals surface area contributed by atoms with Gasteiger partial charge in [0.05, 0.1) is 23.4 Å². The van der Waals surface area contributed by atoms with Crippen LogP contribution in [-0.4, -0.2) is 27.7 Å². The van der Waals surface area contributed by atoms with Gasteiger partial charge >= 0.3 is 0 Å². The molecular weight excluding hydrogens is 372 g/mol. The highest BCUT2D eigenvalue weighted by Crippen LogP contribution is 2.28. The molecule has 6 nitrogen and oxygen atoms in total. The highest BCUT2D eigenvalue weighted by atomic mass is 32.1. The molecule has 0 atom stereocenters. The van der Waals surface area contributed by atoms with Gasteiger partial charge in [0.2, 0.25) is 5.13 Å². The Balaban J connectivity index is 1.79. The average molecular weight is 390 g/mol. The summed E-state index contributed by atoms with van der Waals surface area (Å²) >= 11 is 1.34. The smallest absolute Gasteiger partial charge is 0.258 e. The van der Waals surface area contributed by atoms with E-state index in [1.54, 1.807) is 6.07 Å². The van der Waals surface area contributed by atoms with Crippen molar-refractivity contribution in [3.63, 3.8) is 0 Å². The first-order chi connectivity index (χ1) is 13.6. The van der Waals surface area contributed by atoms with Gasteiger partial charge < -0.3 is 4.74 Å². The number of para-hydroxylation sites is 1. The number of hydrogen-bond acceptors (Lipinski definition) is 6. The lowest BCUT2D eigenvalue weighted by Crippen LogP contribution is -2.13. The molecule has 0 aliphatic rings. The first kappa shape index (κ1) is 18.1. The van der Waals surface area contributed by atoms with Crippen LogP contribution >= 0.6 is 11.3 Å². The van der Waals surface area contributed by atoms with E-state index in [9.17, 15) is 4.79 Å². The highest BCUT2D eigenvalue weighted by Gasteiger charge is 2.16. The van der Waals surface area contributed by atoms with Crippen molar-refractivity contribution in [2.75, 3.05) is 11.9 Å². The summed E-state index contributed by atoms with van der Waals surface area (Å²) in [4.78, 5) is 17.7. The quantitative estimate of drug-likeness (QED) is 0.534. The number of nitrogens with one attached hydrogen (secondary N) is 1. The minimum atomic E-state index is -0.239. The van der Waals surface area contributed by atoms with Crippen LogP contribution in [0.25, 0.3) is 22.2 Å². The van der Waals surface area contributed by atoms with Gasteiger partial charge in [0.15, 0.2) is 0 Å². The van der Waals surface area contributed by atoms with Gasteiger partial charge in [0.1, 0.15) is 10.8 Å². The van der Waals surface area contributed by atoms with Crippen molar-refractivity contribution in [2.45, 2.75) is 13.8 Å². The molecule has 0 aliphatic heterocycles. The van der Waals surface area contributed by atoms with E-state index in [1.165, 1.54) is 11.3 Å². The predicted octanol–water partition coefficient (Wildman–Crippen LogP) is 4.71. The van der Waals surface area contributed by atoms with Crippen LogP contribution in [0.15, 0.2) is 54.6 Å². The second-order valence-corrected chi connectivity index (χ2v) is 7.30. The second-order valence-electron chi connectivity index (χ2n) is 6.11. The van der Waals surface area contributed by atoms with Crippen LogP contribution in [0, 0.1) is 6.92 Å². The van der Waals surface area contributed by atoms with Crippen molar-refractivity contribution in [3.05, 3.63) is 65.2 Å². The first-order valence-electron chi connectivity index (χ1n) is 8.88. The van der Waals surface area contributed by atoms with Crippen LogP contribution in [0.2, 0.25) is 0 Å². The van der Waals surface area contributed by atoms with Crippen molar-refractivity contribution in [1.82, 2.24) is 15.2 Å². The average Bonchev–Trinajstić information content (AvgIpc) is 3.12. The molecule has 0 aliphatic carbocycles. The van der Waals surface area contributed by atoms with E-state index in [-0.39, 0.29) is 5.91 Å². The molecular formula is C21H18N4O2S. The fraction of sp³-hybridized carbons (Fsp3) is 0.143. The van der Waals surface area contributed by atoms with Crippen LogP contribution < -0.4 is 10.1 Å². The molecule has 2 aromatic carbocycles. The van der Waals surface area contributed by atoms with Crippen molar-refractivity contribution in [3.8, 4) is 17.0 Å². The van der Waals surface area contributed by atoms with E-state index in [0.29, 0.717) is 23.0 Å². The Kier molecular flexibility index (Phi) is 4.99. The number of rotatable bonds is 5. The number of fused-ring (bicyclic) bond motifs is 1. The lowest BCUT2D eigenvalue weighted by molar-refractivity contribution is 0.102. The van der Waals surface area contributed by atoms with Gasteiger partial charge in [-0.2, -0.15) is 0 Å². The molecule has 1 amide bonds. The summed E-state index contributed by atoms with van der Waals surface area (Å²) in [5, 5.41) is 12.8. The molecule has 0 radical (unpaired) electrons. The number of ether oxygens (including phenoxy) is 1. The van der Waals surface area contributed by atoms with E-state index < -0.39 is 0 Å². The Morgan fingerprint density at radius 3 is 2.75 bits per heavy atom. The molecule has 1 N–H and O–H groups in total. The molecule has 2 heterocycles. The predicted molar refractivity (Wildman–Crippen MR) is 111 cm³/mol. The van der Waals surface area contributed by atoms with E-state index in [0.717, 1.165) is 27.2 Å². The highest BCUT2D eigenvalue weighted by molar-refractivity contribution is 7.15. The standard InChI is InChI=1S/C21H18N4O2S/c1-3-27-15-8-6-7-14(11-15)19-12-17(16-9-4-5-10-18(16)22-19)20(26)23-21-25-24-13(2)28-21/h4-12H,3H2,1-2H3,(H,23,25,26). The maximum Gasteiger partial charge on any atom is 0.258 e. The van der Waals surface area contributed by atoms with Gasteiger partial charge in [0.25, 0.3) is 5.91 Å². The minimum absolute atomic E-state index is 0.239. The first-order valence-corrected chi connectivity index (χ1v) is 9.70. The lowest BCUT2D eigenvalue weighted by Gasteiger charge is -2.10. The Morgan fingerprint density at radius 2 is 1.96 bits per heavy atom. The summed E-state index contributed by atoms with van der Waals surface area (Å²) in [5.41, 5.74) is 2.88. The lowest BCUT2D eigenvalue weighted by atomic mass is 10.0. The Labute approximate surface area is 166 Å². The number of amides is 1. The number of carbonyl (C=O) groups is 1. The summed E-state index contributed by atoms with van der Waals surface area (Å²) in [6, 6.07) is 17.1. The zero-order valence-electron chi connectivity index (χ0n) is 15.5. The van der Waals surface area contributed by atoms with Crippen molar-refractivity contribution in [1.29, 1.82) is 0 Å². The van der Waals surface area contributed by atoms with Gasteiger partial charge in [-0.15, -0.1) is 10.2 Å². The van der Waals surface area contributed by atoms with Crippen molar-refractivity contribution in [2.24, 2.45) is 0 Å². The molecule has 0 spiro atoms. The molecule has 0 bridgehead atoms. The largest absolute Gasteiger partial charge is 0.494 e. The Hall–Kier alpha value is -3.32. The third-order valence-corrected chi connectivity index (χ3v) is 4.90. The number of aryl methyl sites for hydroxylation is 1. The van der Waals surface area contributed by atoms with Crippen LogP contribution in [-0.2, 0) is 0 Å². The molecule has 140 valence electrons. The summed E-state index contributed by atoms with van der Waals surface area (Å²) in [7, 11) is 0. The maximum atomic E-state index is 13.0. The van der Waals surface area contributed by atoms with Crippen LogP contribution in [0.3, 0.4) is 0 Å². The topological polar surface area (TPSA) is 77.0 Å². The molecule has 0 fully saturated rings. The molecule has 4 aromatic rings. The molecule has 28 heavy (non-hydrogen) atoms. The van der Waals surface area contributed by atoms with Gasteiger partial charge in [-0.05, 0) is 38.1 Å². The Bertz CT molecular complexity index is 1160. The van der Waals surface area contributed by atoms with E-state index >= 15 is 0 Å². The third kappa shape index (κ3) is 3.70. The number of carbonyl (C=O) groups excluding carboxylic acids is 1. The fourth-order valence-corrected chi connectivity index (χ4v) is 3.52. The normalized spacial score (nSPS) is 10.8. The SMILES string of the molecule is CCOc1cccc(-c2cc(C(=O)Nc3nnc(C)s3)c3ccccc3n2)c1. The zero-order valence-corrected chi connectivity index (χ0v) is 16.3. The molecule has 7 heteroatoms. The van der Waals surface area contributed by atoms with E-state index in [4.69, 9.17) is 9.72 Å². The van der Waals surface area contributed by atoms with E-state index in [1.807, 2.05) is 62.4 Å². The maximum absolute atomic E-state index is 13.0. The van der Waals surface area contributed by atoms with Crippen molar-refractivity contribution < 1.29 is 9.53 Å². The Morgan fingerprint density at radius 1 is 1.11 bits per heavy atom. The number of hydrogen-bond donors (Lipinski definition) is 1. The number of pyridine rings is 1. The summed E-state index contributed by atoms with van der Waals surface area (Å²) < 4.78 is 5.59. The summed E-state index contributed by atoms with van der Waals surface area (Å²) in [5.74, 6) is 0.530. The van der Waals surface area contributed by atoms with Crippen LogP contribution in [0.1, 0.15) is 22.3 Å². The van der Waals surface area contributed by atoms with Gasteiger partial charge in [-0.3, -0.25) is 10.1 Å². The molecule has 0 saturated heterocycles. The summed E-state index contributed by atoms with van der Waals surface area (Å²) in [6.45, 7) is 4.38. The van der Waals surface area contributed by atoms with Crippen LogP contribution in [0.5, 0.6) is 5.75 Å². The monoisotopic (exact) mass is 390 g/mol. The third-order valence-electron chi connectivity index (χ3n) is 4.15. The van der Waals surface area contributed by atoms with Gasteiger partial charge in [-0.1, -0.05) is 41.7 Å². The van der Waals surface area contributed by atoms with E-state index in [2.05, 4.69) is 15.5 Å². The minimum Gasteiger partial charge on any atom is -0.494 e. The van der Waals surface area contributed by atoms with Crippen molar-refractivity contribution >= 4 is 33.3 Å². The zero-order chi connectivity index (χ0) is 19.5. The molecule has 4 rings (SSSR count). The number of nitrogens with zero attached hydrogens (tertiary/aromatic N) is 3. The molecule has 2 aromatic heterocycles. The molecule has 0 unspecified atom stereocenters. The fourth-order valence-electron chi connectivity index (χ4n) is 2.93. The number of aromatic nitrogens is 3. The number of benzene rings is 2. The van der Waals surface area contributed by atoms with Crippen LogP contribution in [0.4, 0.5) is 5.13 Å². The second kappa shape index (κ2) is 7.74. The van der Waals surface area contributed by atoms with Gasteiger partial charge in [0, 0.05) is 10.9 Å². The summed E-state index contributed by atoms with van der Waals surface area (Å²) in [6.07, 6.45) is 0. The number of anilines is 1.